The van der Waals surface area contributed by atoms with E-state index in [4.69, 9.17) is 19.3 Å². The molecule has 3 amide bonds. The molecule has 4 N–H and O–H groups in total. The molecule has 0 fully saturated rings. The van der Waals surface area contributed by atoms with Gasteiger partial charge in [0.05, 0.1) is 14.2 Å². The molecule has 0 aliphatic carbocycles. The fourth-order valence-corrected chi connectivity index (χ4v) is 6.44. The number of benzene rings is 3. The number of nitrogens with zero attached hydrogens (tertiary/aromatic N) is 3. The number of phenolic OH excluding ortho intramolecular Hbond substituents is 1. The van der Waals surface area contributed by atoms with E-state index >= 15 is 0 Å². The van der Waals surface area contributed by atoms with Crippen molar-refractivity contribution in [1.82, 2.24) is 20.0 Å². The summed E-state index contributed by atoms with van der Waals surface area (Å²) in [6, 6.07) is 16.0. The highest BCUT2D eigenvalue weighted by molar-refractivity contribution is 5.95. The molecular weight excluding hydrogens is 745 g/mol. The first kappa shape index (κ1) is 46.8. The van der Waals surface area contributed by atoms with Crippen LogP contribution < -0.4 is 10.1 Å². The summed E-state index contributed by atoms with van der Waals surface area (Å²) in [4.78, 5) is 74.3. The Balaban J connectivity index is 1.92. The summed E-state index contributed by atoms with van der Waals surface area (Å²) >= 11 is 0. The second-order valence-corrected chi connectivity index (χ2v) is 15.2. The number of aromatic hydroxyl groups is 1. The lowest BCUT2D eigenvalue weighted by atomic mass is 9.96. The van der Waals surface area contributed by atoms with Gasteiger partial charge in [-0.05, 0) is 85.9 Å². The fraction of sp³-hybridized carbons (Fsp3) is 0.477. The number of ether oxygens (including phenoxy) is 3. The SMILES string of the molecule is CC[C@H](C)[C@H](OC(=O)[C@@H](Cc1ccc(OC)cc1)N(C)C)C(=O)N[C@@H](C(=O)N(C)[C@H](Cc1ccc(O)cc1)C(=O)N(C)[C@H](Cc1ccc([OH2+])cc1)C(=O)OC)C(C)C. The number of phenols is 1. The van der Waals surface area contributed by atoms with Crippen LogP contribution in [0.25, 0.3) is 0 Å². The average molecular weight is 806 g/mol. The van der Waals surface area contributed by atoms with Crippen LogP contribution in [0.2, 0.25) is 0 Å². The topological polar surface area (TPSA) is 178 Å². The predicted octanol–water partition coefficient (Wildman–Crippen LogP) is 3.72. The Kier molecular flexibility index (Phi) is 17.5. The number of nitrogens with one attached hydrogen (secondary N) is 1. The highest BCUT2D eigenvalue weighted by atomic mass is 16.6. The highest BCUT2D eigenvalue weighted by Gasteiger charge is 2.40. The molecule has 3 rings (SSSR count). The first-order chi connectivity index (χ1) is 27.4. The number of amides is 3. The Morgan fingerprint density at radius 1 is 0.690 bits per heavy atom. The minimum absolute atomic E-state index is 0.0130. The molecule has 58 heavy (non-hydrogen) atoms. The van der Waals surface area contributed by atoms with E-state index < -0.39 is 71.8 Å². The van der Waals surface area contributed by atoms with Gasteiger partial charge in [-0.15, -0.1) is 0 Å². The first-order valence-electron chi connectivity index (χ1n) is 19.4. The number of carbonyl (C=O) groups excluding carboxylic acids is 5. The number of methoxy groups -OCH3 is 2. The Hall–Kier alpha value is -5.63. The third kappa shape index (κ3) is 12.7. The molecule has 0 aliphatic heterocycles. The zero-order valence-electron chi connectivity index (χ0n) is 35.4. The lowest BCUT2D eigenvalue weighted by Crippen LogP contribution is -2.59. The van der Waals surface area contributed by atoms with Crippen LogP contribution in [0.1, 0.15) is 50.8 Å². The number of hydrogen-bond acceptors (Lipinski definition) is 10. The molecule has 0 unspecified atom stereocenters. The Morgan fingerprint density at radius 2 is 1.17 bits per heavy atom. The molecule has 0 saturated heterocycles. The van der Waals surface area contributed by atoms with E-state index in [2.05, 4.69) is 5.32 Å². The van der Waals surface area contributed by atoms with Crippen molar-refractivity contribution in [3.05, 3.63) is 89.5 Å². The summed E-state index contributed by atoms with van der Waals surface area (Å²) in [5, 5.41) is 20.6. The Labute approximate surface area is 342 Å². The maximum absolute atomic E-state index is 14.5. The van der Waals surface area contributed by atoms with Gasteiger partial charge in [-0.25, -0.2) is 4.79 Å². The van der Waals surface area contributed by atoms with Crippen LogP contribution in [0.3, 0.4) is 0 Å². The normalized spacial score (nSPS) is 14.3. The molecule has 316 valence electrons. The average Bonchev–Trinajstić information content (AvgIpc) is 3.21. The van der Waals surface area contributed by atoms with Crippen molar-refractivity contribution < 1.29 is 48.4 Å². The van der Waals surface area contributed by atoms with E-state index in [9.17, 15) is 29.1 Å². The summed E-state index contributed by atoms with van der Waals surface area (Å²) in [6.07, 6.45) is -0.295. The van der Waals surface area contributed by atoms with E-state index in [0.29, 0.717) is 35.5 Å². The largest absolute Gasteiger partial charge is 0.593 e. The van der Waals surface area contributed by atoms with E-state index in [0.717, 1.165) is 5.56 Å². The van der Waals surface area contributed by atoms with Crippen LogP contribution in [0.15, 0.2) is 72.8 Å². The molecule has 14 nitrogen and oxygen atoms in total. The molecule has 0 radical (unpaired) electrons. The van der Waals surface area contributed by atoms with E-state index in [-0.39, 0.29) is 18.6 Å². The number of likely N-dealkylation sites (N-methyl/N-ethyl adjacent to an activating group) is 3. The van der Waals surface area contributed by atoms with Gasteiger partial charge in [0.25, 0.3) is 11.7 Å². The molecule has 3 aromatic rings. The molecule has 0 bridgehead atoms. The van der Waals surface area contributed by atoms with Gasteiger partial charge >= 0.3 is 11.9 Å². The molecular formula is C44H61N4O10+. The summed E-state index contributed by atoms with van der Waals surface area (Å²) in [6.45, 7) is 7.19. The van der Waals surface area contributed by atoms with Gasteiger partial charge in [-0.3, -0.25) is 24.1 Å². The fourth-order valence-electron chi connectivity index (χ4n) is 6.44. The molecule has 6 atom stereocenters. The predicted molar refractivity (Wildman–Crippen MR) is 220 cm³/mol. The maximum atomic E-state index is 14.5. The molecule has 0 aliphatic rings. The van der Waals surface area contributed by atoms with E-state index in [1.807, 2.05) is 19.1 Å². The summed E-state index contributed by atoms with van der Waals surface area (Å²) in [7, 11) is 9.25. The Bertz CT molecular complexity index is 1820. The van der Waals surface area contributed by atoms with Crippen molar-refractivity contribution in [2.45, 2.75) is 83.6 Å². The second-order valence-electron chi connectivity index (χ2n) is 15.2. The van der Waals surface area contributed by atoms with Crippen LogP contribution in [-0.2, 0) is 52.7 Å². The minimum atomic E-state index is -1.22. The van der Waals surface area contributed by atoms with Crippen molar-refractivity contribution in [2.75, 3.05) is 42.4 Å². The standard InChI is InChI=1S/C44H60N4O10/c1-11-28(4)39(58-44(55)36(46(5)6)25-31-16-22-34(56-9)23-17-31)40(51)45-38(27(2)3)42(53)47(7)35(24-29-12-18-32(49)19-13-29)41(52)48(8)37(43(54)57-10)26-30-14-20-33(50)21-15-30/h12-23,27-28,35-39,49-50H,11,24-26H2,1-10H3,(H,45,51)/p+1/t28-,35+,36+,37+,38+,39-/m0/s1. The smallest absolute Gasteiger partial charge is 0.328 e. The molecule has 0 spiro atoms. The summed E-state index contributed by atoms with van der Waals surface area (Å²) in [5.74, 6) is -2.91. The van der Waals surface area contributed by atoms with Crippen molar-refractivity contribution in [2.24, 2.45) is 11.8 Å². The maximum Gasteiger partial charge on any atom is 0.328 e. The quantitative estimate of drug-likeness (QED) is 0.126. The first-order valence-corrected chi connectivity index (χ1v) is 19.4. The number of carbonyl (C=O) groups is 5. The van der Waals surface area contributed by atoms with Crippen molar-refractivity contribution in [1.29, 1.82) is 0 Å². The minimum Gasteiger partial charge on any atom is -0.593 e. The lowest BCUT2D eigenvalue weighted by Gasteiger charge is -2.36. The van der Waals surface area contributed by atoms with Crippen LogP contribution in [0, 0.1) is 11.8 Å². The second kappa shape index (κ2) is 21.8. The monoisotopic (exact) mass is 805 g/mol. The number of esters is 2. The Morgan fingerprint density at radius 3 is 1.66 bits per heavy atom. The van der Waals surface area contributed by atoms with Crippen LogP contribution in [0.4, 0.5) is 0 Å². The molecule has 14 heteroatoms. The molecule has 0 heterocycles. The van der Waals surface area contributed by atoms with Gasteiger partial charge in [-0.2, -0.15) is 0 Å². The zero-order valence-corrected chi connectivity index (χ0v) is 35.4. The zero-order chi connectivity index (χ0) is 43.3. The molecule has 0 saturated carbocycles. The van der Waals surface area contributed by atoms with E-state index in [1.54, 1.807) is 95.4 Å². The third-order valence-electron chi connectivity index (χ3n) is 10.5. The van der Waals surface area contributed by atoms with Gasteiger partial charge in [0.1, 0.15) is 35.7 Å². The van der Waals surface area contributed by atoms with Gasteiger partial charge in [0, 0.05) is 45.0 Å². The van der Waals surface area contributed by atoms with Crippen LogP contribution in [0.5, 0.6) is 17.2 Å². The highest BCUT2D eigenvalue weighted by Crippen LogP contribution is 2.22. The van der Waals surface area contributed by atoms with Gasteiger partial charge in [0.2, 0.25) is 11.8 Å². The van der Waals surface area contributed by atoms with E-state index in [1.165, 1.54) is 43.1 Å². The van der Waals surface area contributed by atoms with Crippen molar-refractivity contribution >= 4 is 29.7 Å². The molecule has 3 aromatic carbocycles. The third-order valence-corrected chi connectivity index (χ3v) is 10.5. The summed E-state index contributed by atoms with van der Waals surface area (Å²) < 4.78 is 16.3. The van der Waals surface area contributed by atoms with Gasteiger partial charge in [-0.1, -0.05) is 52.0 Å². The number of hydrogen-bond donors (Lipinski definition) is 2. The summed E-state index contributed by atoms with van der Waals surface area (Å²) in [5.41, 5.74) is 2.20. The van der Waals surface area contributed by atoms with Crippen LogP contribution in [-0.4, -0.2) is 127 Å². The lowest BCUT2D eigenvalue weighted by molar-refractivity contribution is -0.164. The molecule has 0 aromatic heterocycles. The van der Waals surface area contributed by atoms with Crippen molar-refractivity contribution in [3.8, 4) is 17.2 Å². The van der Waals surface area contributed by atoms with Gasteiger partial charge in [0.15, 0.2) is 6.10 Å². The number of rotatable bonds is 20. The van der Waals surface area contributed by atoms with Crippen molar-refractivity contribution in [3.63, 3.8) is 0 Å². The van der Waals surface area contributed by atoms with Gasteiger partial charge < -0.3 is 39.5 Å². The van der Waals surface area contributed by atoms with Crippen LogP contribution >= 0.6 is 0 Å².